The maximum absolute atomic E-state index is 12.3. The fourth-order valence-electron chi connectivity index (χ4n) is 2.62. The van der Waals surface area contributed by atoms with E-state index in [-0.39, 0.29) is 19.4 Å². The van der Waals surface area contributed by atoms with E-state index < -0.39 is 29.7 Å². The van der Waals surface area contributed by atoms with Gasteiger partial charge in [0.25, 0.3) is 5.91 Å². The minimum atomic E-state index is -1.01. The highest BCUT2D eigenvalue weighted by Crippen LogP contribution is 2.20. The Bertz CT molecular complexity index is 926. The molecule has 2 heterocycles. The number of amides is 3. The molecule has 0 fully saturated rings. The van der Waals surface area contributed by atoms with Crippen molar-refractivity contribution in [3.05, 3.63) is 40.9 Å². The number of carbonyl (C=O) groups excluding carboxylic acids is 4. The van der Waals surface area contributed by atoms with Crippen molar-refractivity contribution in [1.82, 2.24) is 10.3 Å². The molecule has 3 amide bonds. The number of para-hydroxylation sites is 1. The first-order valence-corrected chi connectivity index (χ1v) is 9.45. The first kappa shape index (κ1) is 19.5. The van der Waals surface area contributed by atoms with Gasteiger partial charge >= 0.3 is 5.97 Å². The van der Waals surface area contributed by atoms with Crippen molar-refractivity contribution in [1.29, 1.82) is 0 Å². The molecule has 0 spiro atoms. The molecule has 3 rings (SSSR count). The molecule has 146 valence electrons. The van der Waals surface area contributed by atoms with Crippen LogP contribution in [0.2, 0.25) is 0 Å². The lowest BCUT2D eigenvalue weighted by molar-refractivity contribution is -0.142. The minimum absolute atomic E-state index is 0.0134. The maximum Gasteiger partial charge on any atom is 0.311 e. The summed E-state index contributed by atoms with van der Waals surface area (Å²) < 4.78 is 4.85. The highest BCUT2D eigenvalue weighted by Gasteiger charge is 2.29. The van der Waals surface area contributed by atoms with Crippen molar-refractivity contribution in [3.8, 4) is 0 Å². The number of nitrogens with one attached hydrogen (secondary N) is 3. The van der Waals surface area contributed by atoms with E-state index in [1.165, 1.54) is 0 Å². The molecule has 2 aromatic rings. The van der Waals surface area contributed by atoms with E-state index >= 15 is 0 Å². The van der Waals surface area contributed by atoms with Gasteiger partial charge in [0.15, 0.2) is 5.13 Å². The third-order valence-corrected chi connectivity index (χ3v) is 4.68. The van der Waals surface area contributed by atoms with Gasteiger partial charge in [-0.25, -0.2) is 4.98 Å². The van der Waals surface area contributed by atoms with Gasteiger partial charge < -0.3 is 20.7 Å². The number of fused-ring (bicyclic) bond motifs is 1. The van der Waals surface area contributed by atoms with Crippen LogP contribution in [-0.2, 0) is 25.5 Å². The van der Waals surface area contributed by atoms with E-state index in [0.29, 0.717) is 22.1 Å². The smallest absolute Gasteiger partial charge is 0.311 e. The molecule has 0 bridgehead atoms. The predicted octanol–water partition coefficient (Wildman–Crippen LogP) is 1.33. The van der Waals surface area contributed by atoms with Crippen LogP contribution in [0.1, 0.15) is 29.4 Å². The Morgan fingerprint density at radius 3 is 2.86 bits per heavy atom. The molecule has 1 aliphatic rings. The van der Waals surface area contributed by atoms with Gasteiger partial charge in [-0.15, -0.1) is 11.3 Å². The van der Waals surface area contributed by atoms with Crippen LogP contribution in [0.25, 0.3) is 0 Å². The van der Waals surface area contributed by atoms with Crippen molar-refractivity contribution in [2.45, 2.75) is 25.8 Å². The zero-order chi connectivity index (χ0) is 20.1. The van der Waals surface area contributed by atoms with E-state index in [0.717, 1.165) is 11.3 Å². The van der Waals surface area contributed by atoms with Gasteiger partial charge in [-0.2, -0.15) is 0 Å². The van der Waals surface area contributed by atoms with Gasteiger partial charge in [0.2, 0.25) is 11.8 Å². The van der Waals surface area contributed by atoms with Crippen LogP contribution in [-0.4, -0.2) is 41.3 Å². The number of anilines is 2. The predicted molar refractivity (Wildman–Crippen MR) is 102 cm³/mol. The van der Waals surface area contributed by atoms with Gasteiger partial charge in [-0.05, 0) is 19.1 Å². The number of thiazole rings is 1. The van der Waals surface area contributed by atoms with Gasteiger partial charge in [0, 0.05) is 5.38 Å². The third kappa shape index (κ3) is 4.71. The number of benzene rings is 1. The summed E-state index contributed by atoms with van der Waals surface area (Å²) in [6.45, 7) is 2.00. The molecule has 0 saturated heterocycles. The van der Waals surface area contributed by atoms with E-state index in [1.807, 2.05) is 0 Å². The maximum atomic E-state index is 12.3. The first-order chi connectivity index (χ1) is 13.5. The summed E-state index contributed by atoms with van der Waals surface area (Å²) in [7, 11) is 0. The Morgan fingerprint density at radius 1 is 1.29 bits per heavy atom. The molecule has 10 heteroatoms. The van der Waals surface area contributed by atoms with Gasteiger partial charge in [0.1, 0.15) is 6.04 Å². The summed E-state index contributed by atoms with van der Waals surface area (Å²) >= 11 is 1.16. The lowest BCUT2D eigenvalue weighted by Crippen LogP contribution is -2.43. The average Bonchev–Trinajstić information content (AvgIpc) is 3.03. The molecule has 0 unspecified atom stereocenters. The van der Waals surface area contributed by atoms with Crippen LogP contribution in [0.4, 0.5) is 10.8 Å². The van der Waals surface area contributed by atoms with E-state index in [9.17, 15) is 19.2 Å². The molecule has 1 aromatic carbocycles. The largest absolute Gasteiger partial charge is 0.466 e. The minimum Gasteiger partial charge on any atom is -0.466 e. The monoisotopic (exact) mass is 402 g/mol. The fourth-order valence-corrected chi connectivity index (χ4v) is 3.34. The van der Waals surface area contributed by atoms with Crippen LogP contribution in [0.5, 0.6) is 0 Å². The Balaban J connectivity index is 1.59. The van der Waals surface area contributed by atoms with Gasteiger partial charge in [-0.3, -0.25) is 19.2 Å². The summed E-state index contributed by atoms with van der Waals surface area (Å²) in [5.74, 6) is -1.79. The van der Waals surface area contributed by atoms with Crippen molar-refractivity contribution in [3.63, 3.8) is 0 Å². The van der Waals surface area contributed by atoms with Crippen molar-refractivity contribution in [2.24, 2.45) is 0 Å². The number of nitrogens with zero attached hydrogens (tertiary/aromatic N) is 1. The quantitative estimate of drug-likeness (QED) is 0.626. The van der Waals surface area contributed by atoms with Crippen molar-refractivity contribution >= 4 is 45.8 Å². The average molecular weight is 402 g/mol. The lowest BCUT2D eigenvalue weighted by atomic mass is 10.1. The normalized spacial score (nSPS) is 15.7. The fraction of sp³-hybridized carbons (Fsp3) is 0.278. The SMILES string of the molecule is CCOC(=O)Cc1csc(NC(=O)C[C@@H]2NC(=O)c3ccccc3NC2=O)n1. The summed E-state index contributed by atoms with van der Waals surface area (Å²) in [4.78, 5) is 52.5. The molecule has 3 N–H and O–H groups in total. The van der Waals surface area contributed by atoms with E-state index in [4.69, 9.17) is 4.74 Å². The molecule has 1 aliphatic heterocycles. The summed E-state index contributed by atoms with van der Waals surface area (Å²) in [6.07, 6.45) is -0.238. The Morgan fingerprint density at radius 2 is 2.07 bits per heavy atom. The molecule has 0 aliphatic carbocycles. The Labute approximate surface area is 164 Å². The van der Waals surface area contributed by atoms with Crippen molar-refractivity contribution < 1.29 is 23.9 Å². The molecular weight excluding hydrogens is 384 g/mol. The van der Waals surface area contributed by atoms with Gasteiger partial charge in [-0.1, -0.05) is 12.1 Å². The number of rotatable bonds is 6. The van der Waals surface area contributed by atoms with Crippen LogP contribution in [0, 0.1) is 0 Å². The van der Waals surface area contributed by atoms with Crippen LogP contribution < -0.4 is 16.0 Å². The van der Waals surface area contributed by atoms with Gasteiger partial charge in [0.05, 0.1) is 36.4 Å². The second-order valence-corrected chi connectivity index (χ2v) is 6.80. The number of carbonyl (C=O) groups is 4. The third-order valence-electron chi connectivity index (χ3n) is 3.87. The number of hydrogen-bond acceptors (Lipinski definition) is 7. The highest BCUT2D eigenvalue weighted by atomic mass is 32.1. The molecule has 9 nitrogen and oxygen atoms in total. The molecule has 28 heavy (non-hydrogen) atoms. The highest BCUT2D eigenvalue weighted by molar-refractivity contribution is 7.13. The van der Waals surface area contributed by atoms with Crippen LogP contribution >= 0.6 is 11.3 Å². The van der Waals surface area contributed by atoms with Crippen molar-refractivity contribution in [2.75, 3.05) is 17.2 Å². The molecule has 0 radical (unpaired) electrons. The Kier molecular flexibility index (Phi) is 5.99. The Hall–Kier alpha value is -3.27. The number of hydrogen-bond donors (Lipinski definition) is 3. The second kappa shape index (κ2) is 8.61. The first-order valence-electron chi connectivity index (χ1n) is 8.57. The standard InChI is InChI=1S/C18H18N4O5S/c1-2-27-15(24)7-10-9-28-18(19-10)22-14(23)8-13-17(26)20-12-6-4-3-5-11(12)16(25)21-13/h3-6,9,13H,2,7-8H2,1H3,(H,20,26)(H,21,25)(H,19,22,23)/t13-/m0/s1. The molecular formula is C18H18N4O5S. The summed E-state index contributed by atoms with van der Waals surface area (Å²) in [6, 6.07) is 5.59. The van der Waals surface area contributed by atoms with E-state index in [2.05, 4.69) is 20.9 Å². The zero-order valence-corrected chi connectivity index (χ0v) is 15.8. The topological polar surface area (TPSA) is 126 Å². The second-order valence-electron chi connectivity index (χ2n) is 5.94. The molecule has 0 saturated carbocycles. The molecule has 1 atom stereocenters. The van der Waals surface area contributed by atoms with Crippen LogP contribution in [0.15, 0.2) is 29.6 Å². The summed E-state index contributed by atoms with van der Waals surface area (Å²) in [5.41, 5.74) is 1.22. The lowest BCUT2D eigenvalue weighted by Gasteiger charge is -2.13. The van der Waals surface area contributed by atoms with Crippen LogP contribution in [0.3, 0.4) is 0 Å². The zero-order valence-electron chi connectivity index (χ0n) is 15.0. The van der Waals surface area contributed by atoms with E-state index in [1.54, 1.807) is 36.6 Å². The molecule has 1 aromatic heterocycles. The number of ether oxygens (including phenoxy) is 1. The number of aromatic nitrogens is 1. The summed E-state index contributed by atoms with van der Waals surface area (Å²) in [5, 5.41) is 9.72. The number of esters is 1.